The minimum absolute atomic E-state index is 0.0392. The van der Waals surface area contributed by atoms with E-state index in [0.717, 1.165) is 12.8 Å². The molecule has 104 valence electrons. The summed E-state index contributed by atoms with van der Waals surface area (Å²) in [6, 6.07) is 5.80. The van der Waals surface area contributed by atoms with Crippen LogP contribution in [-0.2, 0) is 17.6 Å². The summed E-state index contributed by atoms with van der Waals surface area (Å²) in [4.78, 5) is 11.9. The van der Waals surface area contributed by atoms with Gasteiger partial charge >= 0.3 is 0 Å². The zero-order valence-electron chi connectivity index (χ0n) is 10.8. The van der Waals surface area contributed by atoms with Gasteiger partial charge in [0, 0.05) is 12.0 Å². The van der Waals surface area contributed by atoms with Crippen LogP contribution in [0.3, 0.4) is 0 Å². The molecule has 2 nitrogen and oxygen atoms in total. The fourth-order valence-corrected chi connectivity index (χ4v) is 2.39. The Labute approximate surface area is 111 Å². The highest BCUT2D eigenvalue weighted by atomic mass is 19.3. The molecule has 0 radical (unpaired) electrons. The van der Waals surface area contributed by atoms with Crippen molar-refractivity contribution in [1.29, 1.82) is 0 Å². The van der Waals surface area contributed by atoms with Crippen LogP contribution in [0, 0.1) is 0 Å². The smallest absolute Gasteiger partial charge is 0.261 e. The molecule has 0 amide bonds. The highest BCUT2D eigenvalue weighted by Gasteiger charge is 2.13. The molecule has 0 saturated carbocycles. The van der Waals surface area contributed by atoms with E-state index in [1.54, 1.807) is 0 Å². The van der Waals surface area contributed by atoms with Gasteiger partial charge in [0.15, 0.2) is 5.78 Å². The maximum Gasteiger partial charge on any atom is 0.261 e. The van der Waals surface area contributed by atoms with Crippen molar-refractivity contribution in [2.45, 2.75) is 38.5 Å². The van der Waals surface area contributed by atoms with Crippen molar-refractivity contribution in [2.75, 3.05) is 13.2 Å². The Balaban J connectivity index is 1.88. The predicted octanol–water partition coefficient (Wildman–Crippen LogP) is 3.42. The molecule has 1 aromatic carbocycles. The molecule has 1 aliphatic rings. The van der Waals surface area contributed by atoms with Crippen LogP contribution in [0.2, 0.25) is 0 Å². The zero-order valence-corrected chi connectivity index (χ0v) is 10.8. The average Bonchev–Trinajstić information content (AvgIpc) is 2.42. The summed E-state index contributed by atoms with van der Waals surface area (Å²) < 4.78 is 28.5. The molecule has 0 bridgehead atoms. The summed E-state index contributed by atoms with van der Waals surface area (Å²) in [7, 11) is 0. The van der Waals surface area contributed by atoms with Gasteiger partial charge < -0.3 is 4.74 Å². The predicted molar refractivity (Wildman–Crippen MR) is 68.9 cm³/mol. The normalized spacial score (nSPS) is 14.5. The Morgan fingerprint density at radius 2 is 1.95 bits per heavy atom. The van der Waals surface area contributed by atoms with E-state index in [2.05, 4.69) is 0 Å². The van der Waals surface area contributed by atoms with Gasteiger partial charge in [-0.15, -0.1) is 0 Å². The summed E-state index contributed by atoms with van der Waals surface area (Å²) in [6.07, 6.45) is 2.17. The molecule has 1 aromatic rings. The first-order valence-electron chi connectivity index (χ1n) is 6.67. The molecule has 0 aliphatic heterocycles. The summed E-state index contributed by atoms with van der Waals surface area (Å²) in [5, 5.41) is 0. The van der Waals surface area contributed by atoms with Crippen LogP contribution in [0.15, 0.2) is 18.2 Å². The van der Waals surface area contributed by atoms with E-state index in [9.17, 15) is 13.6 Å². The largest absolute Gasteiger partial charge is 0.375 e. The fraction of sp³-hybridized carbons (Fsp3) is 0.533. The molecule has 0 spiro atoms. The van der Waals surface area contributed by atoms with Crippen LogP contribution in [0.25, 0.3) is 0 Å². The van der Waals surface area contributed by atoms with E-state index in [0.29, 0.717) is 5.56 Å². The molecule has 0 N–H and O–H groups in total. The van der Waals surface area contributed by atoms with Gasteiger partial charge in [0.2, 0.25) is 0 Å². The highest BCUT2D eigenvalue weighted by molar-refractivity contribution is 5.96. The van der Waals surface area contributed by atoms with E-state index < -0.39 is 13.0 Å². The van der Waals surface area contributed by atoms with Gasteiger partial charge in [-0.05, 0) is 42.9 Å². The van der Waals surface area contributed by atoms with Crippen molar-refractivity contribution in [2.24, 2.45) is 0 Å². The Bertz CT molecular complexity index is 444. The Kier molecular flexibility index (Phi) is 5.02. The number of alkyl halides is 2. The second-order valence-corrected chi connectivity index (χ2v) is 4.83. The van der Waals surface area contributed by atoms with Gasteiger partial charge in [-0.3, -0.25) is 4.79 Å². The second-order valence-electron chi connectivity index (χ2n) is 4.83. The molecule has 4 heteroatoms. The first-order valence-corrected chi connectivity index (χ1v) is 6.67. The van der Waals surface area contributed by atoms with Crippen molar-refractivity contribution in [3.8, 4) is 0 Å². The van der Waals surface area contributed by atoms with Gasteiger partial charge in [-0.1, -0.05) is 12.1 Å². The van der Waals surface area contributed by atoms with E-state index in [-0.39, 0.29) is 18.8 Å². The Morgan fingerprint density at radius 3 is 2.68 bits per heavy atom. The van der Waals surface area contributed by atoms with E-state index >= 15 is 0 Å². The van der Waals surface area contributed by atoms with Gasteiger partial charge in [0.05, 0.1) is 6.61 Å². The topological polar surface area (TPSA) is 26.3 Å². The van der Waals surface area contributed by atoms with Crippen molar-refractivity contribution in [3.05, 3.63) is 34.9 Å². The molecule has 2 rings (SSSR count). The van der Waals surface area contributed by atoms with Crippen LogP contribution in [-0.4, -0.2) is 25.4 Å². The number of ketones is 1. The molecule has 0 unspecified atom stereocenters. The monoisotopic (exact) mass is 268 g/mol. The Hall–Kier alpha value is -1.29. The fourth-order valence-electron chi connectivity index (χ4n) is 2.39. The zero-order chi connectivity index (χ0) is 13.7. The summed E-state index contributed by atoms with van der Waals surface area (Å²) in [5.41, 5.74) is 3.25. The lowest BCUT2D eigenvalue weighted by Crippen LogP contribution is -2.10. The lowest BCUT2D eigenvalue weighted by molar-refractivity contribution is 0.0170. The van der Waals surface area contributed by atoms with Crippen LogP contribution in [0.1, 0.15) is 40.7 Å². The number of carbonyl (C=O) groups is 1. The molecule has 0 atom stereocenters. The van der Waals surface area contributed by atoms with Crippen molar-refractivity contribution in [1.82, 2.24) is 0 Å². The first kappa shape index (κ1) is 14.1. The SMILES string of the molecule is O=C(CCOCC(F)F)c1ccc2c(c1)CCCC2. The lowest BCUT2D eigenvalue weighted by atomic mass is 9.89. The maximum atomic E-state index is 11.9. The van der Waals surface area contributed by atoms with Gasteiger partial charge in [-0.2, -0.15) is 0 Å². The van der Waals surface area contributed by atoms with Crippen molar-refractivity contribution in [3.63, 3.8) is 0 Å². The molecular formula is C15H18F2O2. The molecule has 0 heterocycles. The minimum atomic E-state index is -2.47. The number of ether oxygens (including phenoxy) is 1. The quantitative estimate of drug-likeness (QED) is 0.583. The minimum Gasteiger partial charge on any atom is -0.375 e. The van der Waals surface area contributed by atoms with Gasteiger partial charge in [0.25, 0.3) is 6.43 Å². The molecule has 0 aromatic heterocycles. The average molecular weight is 268 g/mol. The number of hydrogen-bond acceptors (Lipinski definition) is 2. The lowest BCUT2D eigenvalue weighted by Gasteiger charge is -2.16. The van der Waals surface area contributed by atoms with Gasteiger partial charge in [-0.25, -0.2) is 8.78 Å². The number of aryl methyl sites for hydroxylation is 2. The molecule has 0 saturated heterocycles. The molecule has 1 aliphatic carbocycles. The molecule has 19 heavy (non-hydrogen) atoms. The number of halogens is 2. The standard InChI is InChI=1S/C15H18F2O2/c16-15(17)10-19-8-7-14(18)13-6-5-11-3-1-2-4-12(11)9-13/h5-6,9,15H,1-4,7-8,10H2. The number of hydrogen-bond donors (Lipinski definition) is 0. The van der Waals surface area contributed by atoms with Crippen LogP contribution in [0.4, 0.5) is 8.78 Å². The van der Waals surface area contributed by atoms with Gasteiger partial charge in [0.1, 0.15) is 6.61 Å². The molecule has 0 fully saturated rings. The number of Topliss-reactive ketones (excluding diaryl/α,β-unsaturated/α-hetero) is 1. The third-order valence-corrected chi connectivity index (χ3v) is 3.39. The van der Waals surface area contributed by atoms with Crippen LogP contribution < -0.4 is 0 Å². The van der Waals surface area contributed by atoms with E-state index in [4.69, 9.17) is 4.74 Å². The first-order chi connectivity index (χ1) is 9.16. The second kappa shape index (κ2) is 6.75. The van der Waals surface area contributed by atoms with Crippen LogP contribution >= 0.6 is 0 Å². The summed E-state index contributed by atoms with van der Waals surface area (Å²) in [5.74, 6) is -0.0392. The third kappa shape index (κ3) is 4.10. The number of fused-ring (bicyclic) bond motifs is 1. The summed E-state index contributed by atoms with van der Waals surface area (Å²) in [6.45, 7) is -0.544. The molecular weight excluding hydrogens is 250 g/mol. The summed E-state index contributed by atoms with van der Waals surface area (Å²) >= 11 is 0. The van der Waals surface area contributed by atoms with Crippen molar-refractivity contribution >= 4 is 5.78 Å². The number of rotatable bonds is 6. The maximum absolute atomic E-state index is 11.9. The number of benzene rings is 1. The van der Waals surface area contributed by atoms with E-state index in [1.165, 1.54) is 24.0 Å². The van der Waals surface area contributed by atoms with Crippen LogP contribution in [0.5, 0.6) is 0 Å². The number of carbonyl (C=O) groups excluding carboxylic acids is 1. The van der Waals surface area contributed by atoms with Crippen molar-refractivity contribution < 1.29 is 18.3 Å². The highest BCUT2D eigenvalue weighted by Crippen LogP contribution is 2.22. The van der Waals surface area contributed by atoms with E-state index in [1.807, 2.05) is 18.2 Å². The third-order valence-electron chi connectivity index (χ3n) is 3.39. The Morgan fingerprint density at radius 1 is 1.21 bits per heavy atom.